The molecule has 23 heavy (non-hydrogen) atoms. The first-order chi connectivity index (χ1) is 11.3. The van der Waals surface area contributed by atoms with Gasteiger partial charge in [-0.05, 0) is 37.8 Å². The predicted octanol–water partition coefficient (Wildman–Crippen LogP) is 2.57. The molecular weight excluding hydrogens is 288 g/mol. The molecule has 0 unspecified atom stereocenters. The molecule has 2 aliphatic heterocycles. The van der Waals surface area contributed by atoms with Gasteiger partial charge < -0.3 is 9.80 Å². The topological polar surface area (TPSA) is 60.2 Å². The van der Waals surface area contributed by atoms with Gasteiger partial charge in [0.1, 0.15) is 11.9 Å². The average Bonchev–Trinajstić information content (AvgIpc) is 2.90. The lowest BCUT2D eigenvalue weighted by molar-refractivity contribution is -0.136. The van der Waals surface area contributed by atoms with Gasteiger partial charge in [-0.2, -0.15) is 5.26 Å². The smallest absolute Gasteiger partial charge is 0.225 e. The van der Waals surface area contributed by atoms with Gasteiger partial charge in [0.2, 0.25) is 5.91 Å². The molecule has 0 N–H and O–H groups in total. The first-order valence-electron chi connectivity index (χ1n) is 8.68. The maximum absolute atomic E-state index is 12.7. The van der Waals surface area contributed by atoms with Gasteiger partial charge in [-0.1, -0.05) is 12.8 Å². The molecule has 2 fully saturated rings. The molecule has 0 bridgehead atoms. The Hall–Kier alpha value is -2.09. The minimum absolute atomic E-state index is 0.138. The van der Waals surface area contributed by atoms with E-state index in [1.807, 2.05) is 0 Å². The van der Waals surface area contributed by atoms with Crippen molar-refractivity contribution in [1.82, 2.24) is 9.88 Å². The summed E-state index contributed by atoms with van der Waals surface area (Å²) in [6.07, 6.45) is 8.23. The number of aromatic nitrogens is 1. The minimum Gasteiger partial charge on any atom is -0.355 e. The van der Waals surface area contributed by atoms with E-state index in [0.29, 0.717) is 11.5 Å². The Labute approximate surface area is 137 Å². The maximum atomic E-state index is 12.7. The summed E-state index contributed by atoms with van der Waals surface area (Å²) in [6, 6.07) is 5.80. The summed E-state index contributed by atoms with van der Waals surface area (Å²) in [5.41, 5.74) is 0.616. The van der Waals surface area contributed by atoms with Gasteiger partial charge in [0.05, 0.1) is 5.56 Å². The van der Waals surface area contributed by atoms with Crippen molar-refractivity contribution in [3.63, 3.8) is 0 Å². The van der Waals surface area contributed by atoms with E-state index in [1.54, 1.807) is 18.3 Å². The molecule has 0 aromatic carbocycles. The summed E-state index contributed by atoms with van der Waals surface area (Å²) in [4.78, 5) is 21.3. The van der Waals surface area contributed by atoms with Crippen LogP contribution in [0.3, 0.4) is 0 Å². The van der Waals surface area contributed by atoms with Gasteiger partial charge >= 0.3 is 0 Å². The number of anilines is 1. The molecule has 122 valence electrons. The van der Waals surface area contributed by atoms with Crippen molar-refractivity contribution in [2.45, 2.75) is 38.5 Å². The van der Waals surface area contributed by atoms with Crippen LogP contribution >= 0.6 is 0 Å². The van der Waals surface area contributed by atoms with Gasteiger partial charge in [0.25, 0.3) is 0 Å². The molecule has 0 radical (unpaired) electrons. The molecular formula is C18H24N4O. The highest BCUT2D eigenvalue weighted by Gasteiger charge is 2.29. The second-order valence-corrected chi connectivity index (χ2v) is 6.49. The van der Waals surface area contributed by atoms with E-state index in [-0.39, 0.29) is 5.92 Å². The van der Waals surface area contributed by atoms with E-state index in [1.165, 1.54) is 12.8 Å². The van der Waals surface area contributed by atoms with Crippen LogP contribution in [0.25, 0.3) is 0 Å². The fraction of sp³-hybridized carbons (Fsp3) is 0.611. The third-order valence-electron chi connectivity index (χ3n) is 4.97. The fourth-order valence-electron chi connectivity index (χ4n) is 3.62. The highest BCUT2D eigenvalue weighted by molar-refractivity contribution is 5.79. The first kappa shape index (κ1) is 15.8. The van der Waals surface area contributed by atoms with Crippen LogP contribution in [-0.2, 0) is 4.79 Å². The van der Waals surface area contributed by atoms with Crippen molar-refractivity contribution < 1.29 is 4.79 Å². The summed E-state index contributed by atoms with van der Waals surface area (Å²) in [5.74, 6) is 1.24. The molecule has 0 spiro atoms. The Morgan fingerprint density at radius 2 is 1.83 bits per heavy atom. The lowest BCUT2D eigenvalue weighted by Crippen LogP contribution is -2.43. The quantitative estimate of drug-likeness (QED) is 0.842. The van der Waals surface area contributed by atoms with E-state index >= 15 is 0 Å². The Bertz CT molecular complexity index is 579. The average molecular weight is 312 g/mol. The van der Waals surface area contributed by atoms with Gasteiger partial charge in [0, 0.05) is 38.3 Å². The van der Waals surface area contributed by atoms with Crippen molar-refractivity contribution in [3.8, 4) is 6.07 Å². The highest BCUT2D eigenvalue weighted by Crippen LogP contribution is 2.26. The maximum Gasteiger partial charge on any atom is 0.225 e. The predicted molar refractivity (Wildman–Crippen MR) is 88.9 cm³/mol. The Balaban J connectivity index is 1.60. The van der Waals surface area contributed by atoms with Gasteiger partial charge in [-0.15, -0.1) is 0 Å². The minimum atomic E-state index is 0.138. The third kappa shape index (κ3) is 3.64. The van der Waals surface area contributed by atoms with Crippen molar-refractivity contribution in [2.75, 3.05) is 31.1 Å². The number of piperidine rings is 1. The monoisotopic (exact) mass is 312 g/mol. The number of carbonyl (C=O) groups excluding carboxylic acids is 1. The number of rotatable bonds is 2. The first-order valence-corrected chi connectivity index (χ1v) is 8.68. The van der Waals surface area contributed by atoms with Crippen molar-refractivity contribution in [1.29, 1.82) is 5.26 Å². The molecule has 2 aliphatic rings. The molecule has 0 aliphatic carbocycles. The lowest BCUT2D eigenvalue weighted by Gasteiger charge is -2.34. The van der Waals surface area contributed by atoms with E-state index in [0.717, 1.165) is 57.7 Å². The number of hydrogen-bond acceptors (Lipinski definition) is 4. The second-order valence-electron chi connectivity index (χ2n) is 6.49. The zero-order valence-electron chi connectivity index (χ0n) is 13.6. The van der Waals surface area contributed by atoms with E-state index < -0.39 is 0 Å². The lowest BCUT2D eigenvalue weighted by atomic mass is 9.95. The van der Waals surface area contributed by atoms with Crippen LogP contribution in [0.2, 0.25) is 0 Å². The number of nitriles is 1. The largest absolute Gasteiger partial charge is 0.355 e. The zero-order chi connectivity index (χ0) is 16.1. The van der Waals surface area contributed by atoms with Crippen LogP contribution in [-0.4, -0.2) is 42.0 Å². The summed E-state index contributed by atoms with van der Waals surface area (Å²) in [6.45, 7) is 3.46. The van der Waals surface area contributed by atoms with Crippen molar-refractivity contribution in [2.24, 2.45) is 5.92 Å². The number of nitrogens with zero attached hydrogens (tertiary/aromatic N) is 4. The molecule has 0 saturated carbocycles. The molecule has 1 aromatic heterocycles. The molecule has 1 aromatic rings. The normalized spacial score (nSPS) is 20.0. The summed E-state index contributed by atoms with van der Waals surface area (Å²) in [5, 5.41) is 9.21. The summed E-state index contributed by atoms with van der Waals surface area (Å²) in [7, 11) is 0. The Morgan fingerprint density at radius 1 is 1.13 bits per heavy atom. The molecule has 3 rings (SSSR count). The van der Waals surface area contributed by atoms with Crippen molar-refractivity contribution >= 4 is 11.7 Å². The van der Waals surface area contributed by atoms with Crippen LogP contribution < -0.4 is 4.90 Å². The second kappa shape index (κ2) is 7.45. The standard InChI is InChI=1S/C18H24N4O/c19-14-16-6-5-9-20-17(16)21-12-7-15(8-13-21)18(23)22-10-3-1-2-4-11-22/h5-6,9,15H,1-4,7-8,10-13H2. The van der Waals surface area contributed by atoms with Crippen LogP contribution in [0, 0.1) is 17.2 Å². The molecule has 5 heteroatoms. The van der Waals surface area contributed by atoms with E-state index in [9.17, 15) is 10.1 Å². The Kier molecular flexibility index (Phi) is 5.12. The van der Waals surface area contributed by atoms with E-state index in [2.05, 4.69) is 20.9 Å². The molecule has 3 heterocycles. The summed E-state index contributed by atoms with van der Waals surface area (Å²) < 4.78 is 0. The fourth-order valence-corrected chi connectivity index (χ4v) is 3.62. The summed E-state index contributed by atoms with van der Waals surface area (Å²) >= 11 is 0. The molecule has 0 atom stereocenters. The number of likely N-dealkylation sites (tertiary alicyclic amines) is 1. The van der Waals surface area contributed by atoms with Gasteiger partial charge in [0.15, 0.2) is 0 Å². The van der Waals surface area contributed by atoms with Crippen LogP contribution in [0.1, 0.15) is 44.1 Å². The number of carbonyl (C=O) groups is 1. The van der Waals surface area contributed by atoms with Crippen LogP contribution in [0.15, 0.2) is 18.3 Å². The molecule has 1 amide bonds. The molecule has 2 saturated heterocycles. The number of pyridine rings is 1. The molecule has 5 nitrogen and oxygen atoms in total. The van der Waals surface area contributed by atoms with E-state index in [4.69, 9.17) is 0 Å². The van der Waals surface area contributed by atoms with Crippen LogP contribution in [0.5, 0.6) is 0 Å². The van der Waals surface area contributed by atoms with Crippen LogP contribution in [0.4, 0.5) is 5.82 Å². The third-order valence-corrected chi connectivity index (χ3v) is 4.97. The highest BCUT2D eigenvalue weighted by atomic mass is 16.2. The van der Waals surface area contributed by atoms with Gasteiger partial charge in [-0.25, -0.2) is 4.98 Å². The zero-order valence-corrected chi connectivity index (χ0v) is 13.6. The number of amides is 1. The number of hydrogen-bond donors (Lipinski definition) is 0. The van der Waals surface area contributed by atoms with Crippen molar-refractivity contribution in [3.05, 3.63) is 23.9 Å². The SMILES string of the molecule is N#Cc1cccnc1N1CCC(C(=O)N2CCCCCC2)CC1. The van der Waals surface area contributed by atoms with Gasteiger partial charge in [-0.3, -0.25) is 4.79 Å². The Morgan fingerprint density at radius 3 is 2.48 bits per heavy atom.